The first-order valence-corrected chi connectivity index (χ1v) is 9.43. The van der Waals surface area contributed by atoms with Gasteiger partial charge in [-0.25, -0.2) is 0 Å². The molecule has 3 rings (SSSR count). The van der Waals surface area contributed by atoms with Crippen LogP contribution in [-0.4, -0.2) is 33.5 Å². The van der Waals surface area contributed by atoms with E-state index >= 15 is 0 Å². The number of nitrogens with one attached hydrogen (secondary N) is 1. The molecule has 150 valence electrons. The highest BCUT2D eigenvalue weighted by molar-refractivity contribution is 7.08. The molecule has 1 aromatic carbocycles. The van der Waals surface area contributed by atoms with Crippen molar-refractivity contribution in [1.29, 1.82) is 0 Å². The number of thiophene rings is 1. The maximum atomic E-state index is 12.0. The molecule has 0 saturated carbocycles. The minimum Gasteiger partial charge on any atom is -0.456 e. The van der Waals surface area contributed by atoms with E-state index in [-0.39, 0.29) is 24.2 Å². The van der Waals surface area contributed by atoms with Gasteiger partial charge in [0.2, 0.25) is 11.7 Å². The van der Waals surface area contributed by atoms with Crippen molar-refractivity contribution in [3.05, 3.63) is 56.6 Å². The van der Waals surface area contributed by atoms with Gasteiger partial charge in [-0.3, -0.25) is 19.7 Å². The van der Waals surface area contributed by atoms with Crippen LogP contribution in [0.25, 0.3) is 11.4 Å². The summed E-state index contributed by atoms with van der Waals surface area (Å²) in [5.74, 6) is -0.466. The summed E-state index contributed by atoms with van der Waals surface area (Å²) in [6, 6.07) is 6.19. The Bertz CT molecular complexity index is 1030. The number of esters is 1. The number of ether oxygens (including phenoxy) is 1. The number of carbonyl (C=O) groups excluding carboxylic acids is 2. The zero-order valence-electron chi connectivity index (χ0n) is 15.3. The molecule has 0 aliphatic heterocycles. The zero-order valence-corrected chi connectivity index (χ0v) is 16.1. The van der Waals surface area contributed by atoms with Gasteiger partial charge in [-0.15, -0.1) is 0 Å². The lowest BCUT2D eigenvalue weighted by Crippen LogP contribution is -2.21. The summed E-state index contributed by atoms with van der Waals surface area (Å²) < 4.78 is 10.0. The number of hydrogen-bond acceptors (Lipinski definition) is 9. The van der Waals surface area contributed by atoms with Gasteiger partial charge in [-0.2, -0.15) is 16.3 Å². The van der Waals surface area contributed by atoms with Gasteiger partial charge in [0, 0.05) is 23.4 Å². The Hall–Kier alpha value is -3.60. The minimum atomic E-state index is -0.605. The molecule has 10 nitrogen and oxygen atoms in total. The standard InChI is InChI=1S/C18H16N4O6S/c1-11-13(3-2-4-14(11)22(25)26)19-15(23)9-27-17(24)6-5-16-20-18(21-28-16)12-7-8-29-10-12/h2-4,7-8,10H,5-6,9H2,1H3,(H,19,23). The van der Waals surface area contributed by atoms with E-state index in [0.717, 1.165) is 5.56 Å². The number of aromatic nitrogens is 2. The summed E-state index contributed by atoms with van der Waals surface area (Å²) in [5.41, 5.74) is 1.32. The molecule has 0 aliphatic rings. The highest BCUT2D eigenvalue weighted by Crippen LogP contribution is 2.25. The number of aryl methyl sites for hydroxylation is 1. The number of nitro groups is 1. The fraction of sp³-hybridized carbons (Fsp3) is 0.222. The third-order valence-electron chi connectivity index (χ3n) is 3.93. The fourth-order valence-electron chi connectivity index (χ4n) is 2.44. The van der Waals surface area contributed by atoms with Gasteiger partial charge in [0.1, 0.15) is 0 Å². The maximum Gasteiger partial charge on any atom is 0.306 e. The first-order valence-electron chi connectivity index (χ1n) is 8.48. The largest absolute Gasteiger partial charge is 0.456 e. The number of benzene rings is 1. The molecule has 29 heavy (non-hydrogen) atoms. The zero-order chi connectivity index (χ0) is 20.8. The van der Waals surface area contributed by atoms with Gasteiger partial charge in [0.15, 0.2) is 6.61 Å². The molecule has 2 aromatic heterocycles. The summed E-state index contributed by atoms with van der Waals surface area (Å²) in [4.78, 5) is 38.4. The molecular weight excluding hydrogens is 400 g/mol. The van der Waals surface area contributed by atoms with Crippen molar-refractivity contribution in [2.75, 3.05) is 11.9 Å². The minimum absolute atomic E-state index is 0.0333. The highest BCUT2D eigenvalue weighted by Gasteiger charge is 2.16. The summed E-state index contributed by atoms with van der Waals surface area (Å²) in [7, 11) is 0. The molecule has 0 spiro atoms. The van der Waals surface area contributed by atoms with E-state index in [4.69, 9.17) is 9.26 Å². The van der Waals surface area contributed by atoms with Crippen LogP contribution in [0.4, 0.5) is 11.4 Å². The smallest absolute Gasteiger partial charge is 0.306 e. The van der Waals surface area contributed by atoms with Crippen LogP contribution < -0.4 is 5.32 Å². The van der Waals surface area contributed by atoms with Gasteiger partial charge in [-0.05, 0) is 24.4 Å². The molecule has 1 N–H and O–H groups in total. The molecule has 0 bridgehead atoms. The maximum absolute atomic E-state index is 12.0. The molecule has 0 saturated heterocycles. The fourth-order valence-corrected chi connectivity index (χ4v) is 3.07. The van der Waals surface area contributed by atoms with E-state index in [9.17, 15) is 19.7 Å². The predicted octanol–water partition coefficient (Wildman–Crippen LogP) is 3.13. The van der Waals surface area contributed by atoms with Crippen molar-refractivity contribution in [2.45, 2.75) is 19.8 Å². The number of rotatable bonds is 8. The molecule has 0 unspecified atom stereocenters. The Morgan fingerprint density at radius 2 is 2.17 bits per heavy atom. The number of hydrogen-bond donors (Lipinski definition) is 1. The Labute approximate surface area is 168 Å². The van der Waals surface area contributed by atoms with Crippen LogP contribution in [0.3, 0.4) is 0 Å². The average Bonchev–Trinajstić information content (AvgIpc) is 3.37. The Balaban J connectivity index is 1.45. The van der Waals surface area contributed by atoms with Crippen LogP contribution in [0.2, 0.25) is 0 Å². The second-order valence-corrected chi connectivity index (χ2v) is 6.72. The number of nitrogens with zero attached hydrogens (tertiary/aromatic N) is 3. The summed E-state index contributed by atoms with van der Waals surface area (Å²) in [6.45, 7) is 1.01. The summed E-state index contributed by atoms with van der Waals surface area (Å²) in [6.07, 6.45) is 0.149. The second-order valence-electron chi connectivity index (χ2n) is 5.94. The monoisotopic (exact) mass is 416 g/mol. The van der Waals surface area contributed by atoms with Gasteiger partial charge in [-0.1, -0.05) is 11.2 Å². The van der Waals surface area contributed by atoms with Crippen molar-refractivity contribution in [3.8, 4) is 11.4 Å². The van der Waals surface area contributed by atoms with Crippen molar-refractivity contribution < 1.29 is 23.8 Å². The van der Waals surface area contributed by atoms with Crippen LogP contribution in [0, 0.1) is 17.0 Å². The summed E-state index contributed by atoms with van der Waals surface area (Å²) in [5, 5.41) is 21.0. The molecular formula is C18H16N4O6S. The average molecular weight is 416 g/mol. The van der Waals surface area contributed by atoms with Gasteiger partial charge >= 0.3 is 5.97 Å². The molecule has 2 heterocycles. The molecule has 1 amide bonds. The third-order valence-corrected chi connectivity index (χ3v) is 4.61. The van der Waals surface area contributed by atoms with Crippen molar-refractivity contribution >= 4 is 34.6 Å². The lowest BCUT2D eigenvalue weighted by atomic mass is 10.1. The van der Waals surface area contributed by atoms with E-state index in [0.29, 0.717) is 17.3 Å². The van der Waals surface area contributed by atoms with Gasteiger partial charge < -0.3 is 14.6 Å². The Morgan fingerprint density at radius 3 is 2.90 bits per heavy atom. The predicted molar refractivity (Wildman–Crippen MR) is 103 cm³/mol. The van der Waals surface area contributed by atoms with Crippen LogP contribution >= 0.6 is 11.3 Å². The van der Waals surface area contributed by atoms with Crippen molar-refractivity contribution in [1.82, 2.24) is 10.1 Å². The molecule has 3 aromatic rings. The molecule has 0 radical (unpaired) electrons. The quantitative estimate of drug-likeness (QED) is 0.336. The Morgan fingerprint density at radius 1 is 1.34 bits per heavy atom. The highest BCUT2D eigenvalue weighted by atomic mass is 32.1. The second kappa shape index (κ2) is 9.06. The number of carbonyl (C=O) groups is 2. The van der Waals surface area contributed by atoms with Crippen LogP contribution in [0.5, 0.6) is 0 Å². The van der Waals surface area contributed by atoms with E-state index in [1.54, 1.807) is 0 Å². The normalized spacial score (nSPS) is 10.5. The lowest BCUT2D eigenvalue weighted by Gasteiger charge is -2.09. The number of nitro benzene ring substituents is 1. The van der Waals surface area contributed by atoms with E-state index in [1.807, 2.05) is 16.8 Å². The summed E-state index contributed by atoms with van der Waals surface area (Å²) >= 11 is 1.51. The van der Waals surface area contributed by atoms with Crippen molar-refractivity contribution in [3.63, 3.8) is 0 Å². The van der Waals surface area contributed by atoms with Gasteiger partial charge in [0.05, 0.1) is 22.6 Å². The topological polar surface area (TPSA) is 137 Å². The van der Waals surface area contributed by atoms with Crippen LogP contribution in [0.1, 0.15) is 17.9 Å². The first-order chi connectivity index (χ1) is 13.9. The molecule has 11 heteroatoms. The number of anilines is 1. The lowest BCUT2D eigenvalue weighted by molar-refractivity contribution is -0.385. The molecule has 0 aliphatic carbocycles. The third kappa shape index (κ3) is 5.23. The van der Waals surface area contributed by atoms with Gasteiger partial charge in [0.25, 0.3) is 11.6 Å². The first kappa shape index (κ1) is 20.1. The van der Waals surface area contributed by atoms with E-state index < -0.39 is 23.4 Å². The van der Waals surface area contributed by atoms with Crippen LogP contribution in [0.15, 0.2) is 39.5 Å². The van der Waals surface area contributed by atoms with Crippen LogP contribution in [-0.2, 0) is 20.7 Å². The SMILES string of the molecule is Cc1c(NC(=O)COC(=O)CCc2nc(-c3ccsc3)no2)cccc1[N+](=O)[O-]. The van der Waals surface area contributed by atoms with Crippen molar-refractivity contribution in [2.24, 2.45) is 0 Å². The number of amides is 1. The molecule has 0 atom stereocenters. The van der Waals surface area contributed by atoms with E-state index in [1.165, 1.54) is 36.5 Å². The van der Waals surface area contributed by atoms with E-state index in [2.05, 4.69) is 15.5 Å². The molecule has 0 fully saturated rings. The Kier molecular flexibility index (Phi) is 6.29.